The number of nitrogens with zero attached hydrogens (tertiary/aromatic N) is 5. The molecule has 114 valence electrons. The van der Waals surface area contributed by atoms with E-state index in [1.165, 1.54) is 0 Å². The molecule has 21 heavy (non-hydrogen) atoms. The van der Waals surface area contributed by atoms with Gasteiger partial charge in [-0.05, 0) is 20.8 Å². The predicted octanol–water partition coefficient (Wildman–Crippen LogP) is 1.74. The molecule has 0 aliphatic rings. The van der Waals surface area contributed by atoms with Crippen LogP contribution in [0.5, 0.6) is 0 Å². The van der Waals surface area contributed by atoms with E-state index < -0.39 is 0 Å². The van der Waals surface area contributed by atoms with Crippen LogP contribution in [0.3, 0.4) is 0 Å². The summed E-state index contributed by atoms with van der Waals surface area (Å²) >= 11 is 1.65. The molecule has 2 rings (SSSR count). The van der Waals surface area contributed by atoms with Crippen LogP contribution in [0.15, 0.2) is 14.9 Å². The summed E-state index contributed by atoms with van der Waals surface area (Å²) in [6, 6.07) is 0. The third-order valence-electron chi connectivity index (χ3n) is 2.70. The fourth-order valence-electron chi connectivity index (χ4n) is 1.82. The quantitative estimate of drug-likeness (QED) is 0.669. The summed E-state index contributed by atoms with van der Waals surface area (Å²) in [7, 11) is 1.98. The molecule has 0 spiro atoms. The maximum absolute atomic E-state index is 5.07. The molecule has 0 fully saturated rings. The summed E-state index contributed by atoms with van der Waals surface area (Å²) in [5, 5.41) is 10.1. The van der Waals surface area contributed by atoms with Crippen LogP contribution in [-0.2, 0) is 13.1 Å². The van der Waals surface area contributed by atoms with E-state index in [2.05, 4.69) is 30.8 Å². The Hall–Kier alpha value is -1.96. The summed E-state index contributed by atoms with van der Waals surface area (Å²) in [5.41, 5.74) is 1.04. The molecule has 2 heterocycles. The largest absolute Gasteiger partial charge is 0.357 e. The van der Waals surface area contributed by atoms with Crippen molar-refractivity contribution >= 4 is 17.3 Å². The second-order valence-corrected chi connectivity index (χ2v) is 5.68. The Morgan fingerprint density at radius 3 is 2.81 bits per heavy atom. The van der Waals surface area contributed by atoms with Crippen molar-refractivity contribution in [1.82, 2.24) is 25.3 Å². The van der Waals surface area contributed by atoms with Gasteiger partial charge in [0.05, 0.1) is 17.2 Å². The Morgan fingerprint density at radius 2 is 2.24 bits per heavy atom. The Morgan fingerprint density at radius 1 is 1.43 bits per heavy atom. The lowest BCUT2D eigenvalue weighted by molar-refractivity contribution is 0.375. The van der Waals surface area contributed by atoms with Gasteiger partial charge in [-0.25, -0.2) is 9.98 Å². The molecule has 0 aliphatic carbocycles. The molecular weight excluding hydrogens is 288 g/mol. The minimum atomic E-state index is 0.365. The molecule has 0 saturated carbocycles. The molecule has 0 unspecified atom stereocenters. The summed E-state index contributed by atoms with van der Waals surface area (Å²) in [4.78, 5) is 15.2. The molecule has 0 bridgehead atoms. The van der Waals surface area contributed by atoms with Gasteiger partial charge in [-0.15, -0.1) is 11.3 Å². The molecule has 0 atom stereocenters. The van der Waals surface area contributed by atoms with E-state index in [4.69, 9.17) is 4.52 Å². The number of aromatic nitrogens is 3. The van der Waals surface area contributed by atoms with Crippen LogP contribution >= 0.6 is 11.3 Å². The normalized spacial score (nSPS) is 11.7. The van der Waals surface area contributed by atoms with Gasteiger partial charge >= 0.3 is 0 Å². The third kappa shape index (κ3) is 4.52. The van der Waals surface area contributed by atoms with Crippen LogP contribution < -0.4 is 5.32 Å². The van der Waals surface area contributed by atoms with Crippen molar-refractivity contribution in [3.8, 4) is 0 Å². The van der Waals surface area contributed by atoms with Crippen molar-refractivity contribution in [3.05, 3.63) is 27.8 Å². The van der Waals surface area contributed by atoms with Crippen molar-refractivity contribution in [2.45, 2.75) is 33.9 Å². The van der Waals surface area contributed by atoms with Gasteiger partial charge in [0.1, 0.15) is 6.54 Å². The standard InChI is InChI=1S/C13H20N6OS/c1-5-14-13(15-6-12-16-9(2)18-20-12)19(4)7-11-8-21-10(3)17-11/h8H,5-7H2,1-4H3,(H,14,15). The minimum Gasteiger partial charge on any atom is -0.357 e. The zero-order valence-corrected chi connectivity index (χ0v) is 13.6. The van der Waals surface area contributed by atoms with Gasteiger partial charge in [0.15, 0.2) is 11.8 Å². The van der Waals surface area contributed by atoms with E-state index in [9.17, 15) is 0 Å². The maximum atomic E-state index is 5.07. The Kier molecular flexibility index (Phi) is 5.26. The highest BCUT2D eigenvalue weighted by atomic mass is 32.1. The van der Waals surface area contributed by atoms with E-state index in [1.807, 2.05) is 25.8 Å². The van der Waals surface area contributed by atoms with Gasteiger partial charge < -0.3 is 14.7 Å². The predicted molar refractivity (Wildman–Crippen MR) is 82.2 cm³/mol. The van der Waals surface area contributed by atoms with E-state index in [1.54, 1.807) is 18.3 Å². The first kappa shape index (κ1) is 15.4. The zero-order valence-electron chi connectivity index (χ0n) is 12.8. The number of aryl methyl sites for hydroxylation is 2. The van der Waals surface area contributed by atoms with Crippen molar-refractivity contribution in [2.75, 3.05) is 13.6 Å². The first-order valence-electron chi connectivity index (χ1n) is 6.78. The summed E-state index contributed by atoms with van der Waals surface area (Å²) in [6.07, 6.45) is 0. The lowest BCUT2D eigenvalue weighted by Gasteiger charge is -2.20. The monoisotopic (exact) mass is 308 g/mol. The number of hydrogen-bond acceptors (Lipinski definition) is 6. The highest BCUT2D eigenvalue weighted by Gasteiger charge is 2.09. The van der Waals surface area contributed by atoms with Crippen molar-refractivity contribution in [3.63, 3.8) is 0 Å². The molecule has 8 heteroatoms. The SMILES string of the molecule is CCNC(=NCc1nc(C)no1)N(C)Cc1csc(C)n1. The highest BCUT2D eigenvalue weighted by Crippen LogP contribution is 2.10. The molecule has 0 amide bonds. The second-order valence-electron chi connectivity index (χ2n) is 4.62. The molecule has 0 radical (unpaired) electrons. The minimum absolute atomic E-state index is 0.365. The fourth-order valence-corrected chi connectivity index (χ4v) is 2.42. The average molecular weight is 308 g/mol. The molecule has 0 aliphatic heterocycles. The Balaban J connectivity index is 2.02. The van der Waals surface area contributed by atoms with Crippen molar-refractivity contribution in [2.24, 2.45) is 4.99 Å². The van der Waals surface area contributed by atoms with Crippen LogP contribution in [0.25, 0.3) is 0 Å². The molecule has 2 aromatic rings. The van der Waals surface area contributed by atoms with E-state index >= 15 is 0 Å². The van der Waals surface area contributed by atoms with Crippen LogP contribution in [-0.4, -0.2) is 39.6 Å². The molecule has 7 nitrogen and oxygen atoms in total. The van der Waals surface area contributed by atoms with Gasteiger partial charge in [0.2, 0.25) is 5.89 Å². The van der Waals surface area contributed by atoms with Crippen molar-refractivity contribution < 1.29 is 4.52 Å². The van der Waals surface area contributed by atoms with Gasteiger partial charge in [-0.3, -0.25) is 0 Å². The lowest BCUT2D eigenvalue weighted by atomic mass is 10.4. The van der Waals surface area contributed by atoms with E-state index in [0.29, 0.717) is 24.8 Å². The smallest absolute Gasteiger partial charge is 0.248 e. The second kappa shape index (κ2) is 7.16. The van der Waals surface area contributed by atoms with Crippen LogP contribution in [0, 0.1) is 13.8 Å². The number of aliphatic imine (C=N–C) groups is 1. The average Bonchev–Trinajstić information content (AvgIpc) is 3.03. The van der Waals surface area contributed by atoms with Crippen LogP contribution in [0.1, 0.15) is 29.3 Å². The molecule has 2 aromatic heterocycles. The fraction of sp³-hybridized carbons (Fsp3) is 0.538. The highest BCUT2D eigenvalue weighted by molar-refractivity contribution is 7.09. The summed E-state index contributed by atoms with van der Waals surface area (Å²) in [6.45, 7) is 7.70. The summed E-state index contributed by atoms with van der Waals surface area (Å²) < 4.78 is 5.07. The van der Waals surface area contributed by atoms with Crippen LogP contribution in [0.4, 0.5) is 0 Å². The first-order valence-corrected chi connectivity index (χ1v) is 7.66. The van der Waals surface area contributed by atoms with Gasteiger partial charge in [0, 0.05) is 19.0 Å². The Bertz CT molecular complexity index is 605. The number of nitrogens with one attached hydrogen (secondary N) is 1. The third-order valence-corrected chi connectivity index (χ3v) is 3.52. The number of thiazole rings is 1. The molecular formula is C13H20N6OS. The van der Waals surface area contributed by atoms with E-state index in [-0.39, 0.29) is 0 Å². The lowest BCUT2D eigenvalue weighted by Crippen LogP contribution is -2.38. The van der Waals surface area contributed by atoms with Gasteiger partial charge in [-0.1, -0.05) is 5.16 Å². The number of guanidine groups is 1. The van der Waals surface area contributed by atoms with Gasteiger partial charge in [0.25, 0.3) is 0 Å². The topological polar surface area (TPSA) is 79.4 Å². The summed E-state index contributed by atoms with van der Waals surface area (Å²) in [5.74, 6) is 1.93. The molecule has 0 aromatic carbocycles. The zero-order chi connectivity index (χ0) is 15.2. The molecule has 0 saturated heterocycles. The Labute approximate surface area is 128 Å². The van der Waals surface area contributed by atoms with Crippen molar-refractivity contribution in [1.29, 1.82) is 0 Å². The first-order chi connectivity index (χ1) is 10.1. The number of hydrogen-bond donors (Lipinski definition) is 1. The van der Waals surface area contributed by atoms with Gasteiger partial charge in [-0.2, -0.15) is 4.98 Å². The number of rotatable bonds is 5. The maximum Gasteiger partial charge on any atom is 0.248 e. The molecule has 1 N–H and O–H groups in total. The van der Waals surface area contributed by atoms with E-state index in [0.717, 1.165) is 23.2 Å². The van der Waals surface area contributed by atoms with Crippen LogP contribution in [0.2, 0.25) is 0 Å².